The van der Waals surface area contributed by atoms with E-state index in [2.05, 4.69) is 26.2 Å². The van der Waals surface area contributed by atoms with Gasteiger partial charge in [-0.2, -0.15) is 0 Å². The first-order chi connectivity index (χ1) is 13.6. The van der Waals surface area contributed by atoms with Gasteiger partial charge in [0, 0.05) is 16.8 Å². The summed E-state index contributed by atoms with van der Waals surface area (Å²) in [6, 6.07) is 20.6. The summed E-state index contributed by atoms with van der Waals surface area (Å²) in [5.74, 6) is 1.26. The van der Waals surface area contributed by atoms with Gasteiger partial charge in [-0.25, -0.2) is 4.98 Å². The number of ether oxygens (including phenoxy) is 1. The molecule has 1 heterocycles. The zero-order chi connectivity index (χ0) is 19.5. The number of anilines is 1. The van der Waals surface area contributed by atoms with Crippen molar-refractivity contribution in [3.8, 4) is 17.2 Å². The number of para-hydroxylation sites is 2. The number of hydrogen-bond donors (Lipinski definition) is 1. The summed E-state index contributed by atoms with van der Waals surface area (Å²) in [4.78, 5) is 16.9. The molecule has 6 heteroatoms. The molecule has 0 spiro atoms. The molecule has 0 fully saturated rings. The number of oxazole rings is 1. The molecule has 0 aliphatic rings. The minimum absolute atomic E-state index is 0.00798. The van der Waals surface area contributed by atoms with Crippen LogP contribution in [0, 0.1) is 0 Å². The van der Waals surface area contributed by atoms with Crippen molar-refractivity contribution < 1.29 is 13.9 Å². The number of aromatic nitrogens is 1. The highest BCUT2D eigenvalue weighted by Gasteiger charge is 2.10. The number of ketones is 1. The number of hydrogen-bond acceptors (Lipinski definition) is 5. The first-order valence-electron chi connectivity index (χ1n) is 8.70. The molecule has 0 radical (unpaired) electrons. The summed E-state index contributed by atoms with van der Waals surface area (Å²) < 4.78 is 11.7. The van der Waals surface area contributed by atoms with Crippen molar-refractivity contribution in [3.05, 3.63) is 76.8 Å². The van der Waals surface area contributed by atoms with Crippen molar-refractivity contribution >= 4 is 38.5 Å². The van der Waals surface area contributed by atoms with Crippen LogP contribution >= 0.6 is 15.9 Å². The third-order valence-electron chi connectivity index (χ3n) is 4.35. The maximum absolute atomic E-state index is 12.4. The van der Waals surface area contributed by atoms with Crippen LogP contribution in [-0.2, 0) is 0 Å². The van der Waals surface area contributed by atoms with Crippen molar-refractivity contribution in [3.63, 3.8) is 0 Å². The van der Waals surface area contributed by atoms with Gasteiger partial charge in [0.25, 0.3) is 0 Å². The van der Waals surface area contributed by atoms with E-state index >= 15 is 0 Å². The monoisotopic (exact) mass is 436 g/mol. The van der Waals surface area contributed by atoms with Gasteiger partial charge in [0.05, 0.1) is 18.1 Å². The summed E-state index contributed by atoms with van der Waals surface area (Å²) in [5.41, 5.74) is 3.93. The van der Waals surface area contributed by atoms with Gasteiger partial charge in [-0.15, -0.1) is 0 Å². The number of benzene rings is 3. The second-order valence-electron chi connectivity index (χ2n) is 6.19. The van der Waals surface area contributed by atoms with Gasteiger partial charge < -0.3 is 14.5 Å². The third-order valence-corrected chi connectivity index (χ3v) is 4.97. The zero-order valence-electron chi connectivity index (χ0n) is 15.1. The fourth-order valence-electron chi connectivity index (χ4n) is 2.85. The van der Waals surface area contributed by atoms with Gasteiger partial charge in [0.1, 0.15) is 11.3 Å². The topological polar surface area (TPSA) is 64.4 Å². The van der Waals surface area contributed by atoms with E-state index < -0.39 is 0 Å². The normalized spacial score (nSPS) is 10.8. The van der Waals surface area contributed by atoms with Crippen molar-refractivity contribution in [2.45, 2.75) is 0 Å². The van der Waals surface area contributed by atoms with Crippen LogP contribution in [-0.4, -0.2) is 24.4 Å². The molecule has 4 aromatic rings. The van der Waals surface area contributed by atoms with Gasteiger partial charge in [-0.05, 0) is 70.5 Å². The minimum atomic E-state index is -0.00798. The molecule has 0 saturated carbocycles. The molecular weight excluding hydrogens is 420 g/mol. The van der Waals surface area contributed by atoms with Crippen LogP contribution in [0.15, 0.2) is 75.6 Å². The van der Waals surface area contributed by atoms with Crippen LogP contribution in [0.5, 0.6) is 5.75 Å². The zero-order valence-corrected chi connectivity index (χ0v) is 16.7. The van der Waals surface area contributed by atoms with E-state index in [0.717, 1.165) is 26.8 Å². The van der Waals surface area contributed by atoms with Crippen molar-refractivity contribution in [2.75, 3.05) is 19.0 Å². The van der Waals surface area contributed by atoms with Crippen LogP contribution < -0.4 is 10.1 Å². The lowest BCUT2D eigenvalue weighted by molar-refractivity contribution is 0.101. The maximum Gasteiger partial charge on any atom is 0.227 e. The fraction of sp³-hybridized carbons (Fsp3) is 0.0909. The first kappa shape index (κ1) is 18.3. The predicted octanol–water partition coefficient (Wildman–Crippen LogP) is 5.56. The summed E-state index contributed by atoms with van der Waals surface area (Å²) in [6.45, 7) is 0.195. The molecule has 0 aliphatic heterocycles. The fourth-order valence-corrected chi connectivity index (χ4v) is 3.39. The summed E-state index contributed by atoms with van der Waals surface area (Å²) >= 11 is 3.40. The van der Waals surface area contributed by atoms with Crippen molar-refractivity contribution in [1.82, 2.24) is 4.98 Å². The molecule has 0 amide bonds. The molecule has 140 valence electrons. The molecular formula is C22H17BrN2O3. The van der Waals surface area contributed by atoms with Gasteiger partial charge in [0.15, 0.2) is 11.4 Å². The number of methoxy groups -OCH3 is 1. The predicted molar refractivity (Wildman–Crippen MR) is 113 cm³/mol. The Morgan fingerprint density at radius 3 is 2.61 bits per heavy atom. The largest absolute Gasteiger partial charge is 0.496 e. The van der Waals surface area contributed by atoms with E-state index in [0.29, 0.717) is 17.2 Å². The third kappa shape index (κ3) is 3.77. The van der Waals surface area contributed by atoms with Crippen LogP contribution in [0.4, 0.5) is 5.69 Å². The summed E-state index contributed by atoms with van der Waals surface area (Å²) in [7, 11) is 1.59. The summed E-state index contributed by atoms with van der Waals surface area (Å²) in [6.07, 6.45) is 0. The Hall–Kier alpha value is -3.12. The van der Waals surface area contributed by atoms with E-state index in [1.54, 1.807) is 25.3 Å². The Morgan fingerprint density at radius 2 is 1.89 bits per heavy atom. The van der Waals surface area contributed by atoms with Gasteiger partial charge in [-0.1, -0.05) is 12.1 Å². The molecule has 0 unspecified atom stereocenters. The Morgan fingerprint density at radius 1 is 1.11 bits per heavy atom. The molecule has 5 nitrogen and oxygen atoms in total. The molecule has 1 aromatic heterocycles. The van der Waals surface area contributed by atoms with E-state index in [1.807, 2.05) is 48.5 Å². The quantitative estimate of drug-likeness (QED) is 0.400. The molecule has 0 saturated heterocycles. The lowest BCUT2D eigenvalue weighted by Crippen LogP contribution is -2.14. The van der Waals surface area contributed by atoms with Crippen LogP contribution in [0.25, 0.3) is 22.6 Å². The number of nitrogens with one attached hydrogen (secondary N) is 1. The smallest absolute Gasteiger partial charge is 0.227 e. The first-order valence-corrected chi connectivity index (χ1v) is 9.50. The highest BCUT2D eigenvalue weighted by atomic mass is 79.9. The highest BCUT2D eigenvalue weighted by Crippen LogP contribution is 2.27. The number of halogens is 1. The van der Waals surface area contributed by atoms with Crippen molar-refractivity contribution in [2.24, 2.45) is 0 Å². The number of fused-ring (bicyclic) bond motifs is 1. The Balaban J connectivity index is 1.43. The minimum Gasteiger partial charge on any atom is -0.496 e. The second-order valence-corrected chi connectivity index (χ2v) is 7.04. The Labute approximate surface area is 170 Å². The number of Topliss-reactive ketones (excluding diaryl/α,β-unsaturated/α-hetero) is 1. The Bertz CT molecular complexity index is 1100. The van der Waals surface area contributed by atoms with Crippen LogP contribution in [0.2, 0.25) is 0 Å². The average molecular weight is 437 g/mol. The maximum atomic E-state index is 12.4. The lowest BCUT2D eigenvalue weighted by Gasteiger charge is -2.08. The summed E-state index contributed by atoms with van der Waals surface area (Å²) in [5, 5.41) is 3.15. The Kier molecular flexibility index (Phi) is 5.12. The van der Waals surface area contributed by atoms with Crippen molar-refractivity contribution in [1.29, 1.82) is 0 Å². The van der Waals surface area contributed by atoms with Gasteiger partial charge in [0.2, 0.25) is 5.89 Å². The van der Waals surface area contributed by atoms with E-state index in [9.17, 15) is 4.79 Å². The van der Waals surface area contributed by atoms with E-state index in [-0.39, 0.29) is 12.3 Å². The number of carbonyl (C=O) groups is 1. The van der Waals surface area contributed by atoms with Crippen LogP contribution in [0.1, 0.15) is 10.4 Å². The molecule has 4 rings (SSSR count). The molecule has 0 aliphatic carbocycles. The number of carbonyl (C=O) groups excluding carboxylic acids is 1. The SMILES string of the molecule is COc1ccc(C(=O)CNc2ccc(-c3nc4ccccc4o3)cc2)cc1Br. The average Bonchev–Trinajstić information content (AvgIpc) is 3.16. The van der Waals surface area contributed by atoms with E-state index in [4.69, 9.17) is 9.15 Å². The highest BCUT2D eigenvalue weighted by molar-refractivity contribution is 9.10. The molecule has 0 atom stereocenters. The van der Waals surface area contributed by atoms with E-state index in [1.165, 1.54) is 0 Å². The number of nitrogens with zero attached hydrogens (tertiary/aromatic N) is 1. The lowest BCUT2D eigenvalue weighted by atomic mass is 10.1. The molecule has 0 bridgehead atoms. The number of rotatable bonds is 6. The molecule has 1 N–H and O–H groups in total. The second kappa shape index (κ2) is 7.86. The standard InChI is InChI=1S/C22H17BrN2O3/c1-27-20-11-8-15(12-17(20)23)19(26)13-24-16-9-6-14(7-10-16)22-25-18-4-2-3-5-21(18)28-22/h2-12,24H,13H2,1H3. The van der Waals surface area contributed by atoms with Crippen LogP contribution in [0.3, 0.4) is 0 Å². The van der Waals surface area contributed by atoms with Gasteiger partial charge >= 0.3 is 0 Å². The van der Waals surface area contributed by atoms with Gasteiger partial charge in [-0.3, -0.25) is 4.79 Å². The molecule has 3 aromatic carbocycles. The molecule has 28 heavy (non-hydrogen) atoms.